The highest BCUT2D eigenvalue weighted by Gasteiger charge is 2.09. The van der Waals surface area contributed by atoms with Crippen molar-refractivity contribution < 1.29 is 9.59 Å². The largest absolute Gasteiger partial charge is 0.375 e. The number of carbonyl (C=O) groups is 2. The van der Waals surface area contributed by atoms with Gasteiger partial charge < -0.3 is 16.8 Å². The van der Waals surface area contributed by atoms with Crippen LogP contribution in [0.4, 0.5) is 5.13 Å². The summed E-state index contributed by atoms with van der Waals surface area (Å²) in [6.45, 7) is -0.198. The lowest BCUT2D eigenvalue weighted by atomic mass is 10.4. The monoisotopic (exact) mass is 200 g/mol. The van der Waals surface area contributed by atoms with Crippen molar-refractivity contribution in [2.45, 2.75) is 0 Å². The number of nitrogen functional groups attached to an aromatic ring is 1. The molecule has 0 unspecified atom stereocenters. The summed E-state index contributed by atoms with van der Waals surface area (Å²) in [5.41, 5.74) is 10.3. The van der Waals surface area contributed by atoms with Gasteiger partial charge in [-0.25, -0.2) is 4.98 Å². The van der Waals surface area contributed by atoms with Crippen molar-refractivity contribution >= 4 is 28.3 Å². The second-order valence-electron chi connectivity index (χ2n) is 2.22. The lowest BCUT2D eigenvalue weighted by Gasteiger charge is -1.97. The van der Waals surface area contributed by atoms with Crippen molar-refractivity contribution in [3.05, 3.63) is 11.1 Å². The quantitative estimate of drug-likeness (QED) is 0.577. The molecule has 1 aromatic rings. The molecule has 0 aliphatic carbocycles. The molecule has 70 valence electrons. The fraction of sp³-hybridized carbons (Fsp3) is 0.167. The van der Waals surface area contributed by atoms with Crippen LogP contribution in [0.3, 0.4) is 0 Å². The van der Waals surface area contributed by atoms with Crippen LogP contribution in [0.2, 0.25) is 0 Å². The zero-order valence-corrected chi connectivity index (χ0v) is 7.43. The van der Waals surface area contributed by atoms with E-state index in [0.29, 0.717) is 5.13 Å². The van der Waals surface area contributed by atoms with E-state index in [-0.39, 0.29) is 12.2 Å². The minimum absolute atomic E-state index is 0.198. The number of nitrogens with zero attached hydrogens (tertiary/aromatic N) is 1. The molecular weight excluding hydrogens is 192 g/mol. The summed E-state index contributed by atoms with van der Waals surface area (Å²) in [5, 5.41) is 4.10. The van der Waals surface area contributed by atoms with Gasteiger partial charge in [0.1, 0.15) is 5.69 Å². The topological polar surface area (TPSA) is 111 Å². The minimum atomic E-state index is -0.600. The predicted octanol–water partition coefficient (Wildman–Crippen LogP) is -1.06. The fourth-order valence-corrected chi connectivity index (χ4v) is 1.19. The van der Waals surface area contributed by atoms with Gasteiger partial charge >= 0.3 is 0 Å². The number of amides is 2. The van der Waals surface area contributed by atoms with E-state index in [1.54, 1.807) is 0 Å². The Kier molecular flexibility index (Phi) is 2.80. The first-order valence-electron chi connectivity index (χ1n) is 3.37. The van der Waals surface area contributed by atoms with E-state index in [9.17, 15) is 9.59 Å². The van der Waals surface area contributed by atoms with Gasteiger partial charge in [0.15, 0.2) is 5.13 Å². The van der Waals surface area contributed by atoms with Crippen molar-refractivity contribution in [3.63, 3.8) is 0 Å². The number of primary amides is 1. The highest BCUT2D eigenvalue weighted by atomic mass is 32.1. The van der Waals surface area contributed by atoms with Crippen molar-refractivity contribution in [2.75, 3.05) is 12.3 Å². The molecule has 1 aromatic heterocycles. The Morgan fingerprint density at radius 2 is 2.31 bits per heavy atom. The third-order valence-electron chi connectivity index (χ3n) is 1.18. The van der Waals surface area contributed by atoms with E-state index in [1.165, 1.54) is 5.38 Å². The van der Waals surface area contributed by atoms with Gasteiger partial charge in [-0.3, -0.25) is 9.59 Å². The van der Waals surface area contributed by atoms with Crippen LogP contribution in [0.1, 0.15) is 10.5 Å². The predicted molar refractivity (Wildman–Crippen MR) is 48.1 cm³/mol. The molecule has 6 nitrogen and oxygen atoms in total. The number of anilines is 1. The normalized spacial score (nSPS) is 9.54. The molecule has 0 aliphatic rings. The molecule has 0 saturated heterocycles. The van der Waals surface area contributed by atoms with E-state index >= 15 is 0 Å². The number of hydrogen-bond donors (Lipinski definition) is 3. The smallest absolute Gasteiger partial charge is 0.271 e. The second kappa shape index (κ2) is 3.85. The Morgan fingerprint density at radius 3 is 2.77 bits per heavy atom. The number of hydrogen-bond acceptors (Lipinski definition) is 5. The van der Waals surface area contributed by atoms with Crippen LogP contribution >= 0.6 is 11.3 Å². The average molecular weight is 200 g/mol. The second-order valence-corrected chi connectivity index (χ2v) is 3.11. The number of nitrogens with one attached hydrogen (secondary N) is 1. The molecule has 1 heterocycles. The highest BCUT2D eigenvalue weighted by Crippen LogP contribution is 2.10. The summed E-state index contributed by atoms with van der Waals surface area (Å²) >= 11 is 1.16. The Bertz CT molecular complexity index is 335. The van der Waals surface area contributed by atoms with Crippen LogP contribution in [0.5, 0.6) is 0 Å². The lowest BCUT2D eigenvalue weighted by molar-refractivity contribution is -0.117. The Labute approximate surface area is 77.9 Å². The summed E-state index contributed by atoms with van der Waals surface area (Å²) in [7, 11) is 0. The molecule has 0 fully saturated rings. The molecule has 7 heteroatoms. The molecule has 0 radical (unpaired) electrons. The van der Waals surface area contributed by atoms with Crippen LogP contribution in [0.25, 0.3) is 0 Å². The van der Waals surface area contributed by atoms with Gasteiger partial charge in [-0.2, -0.15) is 0 Å². The zero-order chi connectivity index (χ0) is 9.84. The van der Waals surface area contributed by atoms with E-state index in [1.807, 2.05) is 0 Å². The highest BCUT2D eigenvalue weighted by molar-refractivity contribution is 7.13. The number of rotatable bonds is 3. The molecule has 1 rings (SSSR count). The maximum absolute atomic E-state index is 11.1. The summed E-state index contributed by atoms with van der Waals surface area (Å²) in [5.74, 6) is -1.05. The molecule has 0 aromatic carbocycles. The zero-order valence-electron chi connectivity index (χ0n) is 6.61. The molecule has 0 aliphatic heterocycles. The number of thiazole rings is 1. The fourth-order valence-electron chi connectivity index (χ4n) is 0.650. The van der Waals surface area contributed by atoms with E-state index < -0.39 is 11.8 Å². The maximum atomic E-state index is 11.1. The lowest BCUT2D eigenvalue weighted by Crippen LogP contribution is -2.33. The van der Waals surface area contributed by atoms with Crippen LogP contribution in [0, 0.1) is 0 Å². The van der Waals surface area contributed by atoms with Crippen LogP contribution in [0.15, 0.2) is 5.38 Å². The summed E-state index contributed by atoms with van der Waals surface area (Å²) < 4.78 is 0. The maximum Gasteiger partial charge on any atom is 0.271 e. The number of nitrogens with two attached hydrogens (primary N) is 2. The molecule has 0 atom stereocenters. The van der Waals surface area contributed by atoms with Gasteiger partial charge in [-0.05, 0) is 0 Å². The van der Waals surface area contributed by atoms with Crippen molar-refractivity contribution in [3.8, 4) is 0 Å². The Morgan fingerprint density at radius 1 is 1.62 bits per heavy atom. The van der Waals surface area contributed by atoms with E-state index in [0.717, 1.165) is 11.3 Å². The SMILES string of the molecule is NC(=O)CNC(=O)c1csc(N)n1. The van der Waals surface area contributed by atoms with Gasteiger partial charge in [0.2, 0.25) is 5.91 Å². The standard InChI is InChI=1S/C6H8N4O2S/c7-4(11)1-9-5(12)3-2-13-6(8)10-3/h2H,1H2,(H2,7,11)(H2,8,10)(H,9,12). The van der Waals surface area contributed by atoms with E-state index in [2.05, 4.69) is 10.3 Å². The Balaban J connectivity index is 2.54. The first-order chi connectivity index (χ1) is 6.09. The van der Waals surface area contributed by atoms with E-state index in [4.69, 9.17) is 11.5 Å². The molecule has 5 N–H and O–H groups in total. The van der Waals surface area contributed by atoms with Crippen molar-refractivity contribution in [2.24, 2.45) is 5.73 Å². The third-order valence-corrected chi connectivity index (χ3v) is 1.85. The number of aromatic nitrogens is 1. The summed E-state index contributed by atoms with van der Waals surface area (Å²) in [6, 6.07) is 0. The van der Waals surface area contributed by atoms with Gasteiger partial charge in [0.25, 0.3) is 5.91 Å². The van der Waals surface area contributed by atoms with Gasteiger partial charge in [0.05, 0.1) is 6.54 Å². The molecule has 2 amide bonds. The van der Waals surface area contributed by atoms with Crippen LogP contribution in [-0.4, -0.2) is 23.3 Å². The van der Waals surface area contributed by atoms with Crippen molar-refractivity contribution in [1.29, 1.82) is 0 Å². The minimum Gasteiger partial charge on any atom is -0.375 e. The third kappa shape index (κ3) is 2.71. The Hall–Kier alpha value is -1.63. The van der Waals surface area contributed by atoms with Gasteiger partial charge in [-0.1, -0.05) is 0 Å². The molecule has 0 saturated carbocycles. The molecule has 13 heavy (non-hydrogen) atoms. The average Bonchev–Trinajstić information content (AvgIpc) is 2.47. The first kappa shape index (κ1) is 9.46. The van der Waals surface area contributed by atoms with Gasteiger partial charge in [-0.15, -0.1) is 11.3 Å². The summed E-state index contributed by atoms with van der Waals surface area (Å²) in [4.78, 5) is 25.2. The van der Waals surface area contributed by atoms with Crippen molar-refractivity contribution in [1.82, 2.24) is 10.3 Å². The molecule has 0 bridgehead atoms. The van der Waals surface area contributed by atoms with Crippen LogP contribution in [-0.2, 0) is 4.79 Å². The molecular formula is C6H8N4O2S. The van der Waals surface area contributed by atoms with Crippen LogP contribution < -0.4 is 16.8 Å². The summed E-state index contributed by atoms with van der Waals surface area (Å²) in [6.07, 6.45) is 0. The number of carbonyl (C=O) groups excluding carboxylic acids is 2. The van der Waals surface area contributed by atoms with Gasteiger partial charge in [0, 0.05) is 5.38 Å². The first-order valence-corrected chi connectivity index (χ1v) is 4.25. The molecule has 0 spiro atoms.